The summed E-state index contributed by atoms with van der Waals surface area (Å²) in [5.74, 6) is 0.640. The maximum absolute atomic E-state index is 12.9. The predicted octanol–water partition coefficient (Wildman–Crippen LogP) is 4.05. The topological polar surface area (TPSA) is 71.2 Å². The van der Waals surface area contributed by atoms with Crippen molar-refractivity contribution in [2.75, 3.05) is 13.7 Å². The molecule has 0 aliphatic carbocycles. The van der Waals surface area contributed by atoms with E-state index in [9.17, 15) is 8.42 Å². The summed E-state index contributed by atoms with van der Waals surface area (Å²) in [6.45, 7) is 8.20. The SMILES string of the molecule is COc1ccc(S(=O)(=O)NCC(C)(C)c2c(C)[nH]c3ccccc23)c(C)c1. The highest BCUT2D eigenvalue weighted by Crippen LogP contribution is 2.33. The fraction of sp³-hybridized carbons (Fsp3) is 0.333. The van der Waals surface area contributed by atoms with Crippen LogP contribution in [0, 0.1) is 13.8 Å². The number of para-hydroxylation sites is 1. The van der Waals surface area contributed by atoms with Crippen molar-refractivity contribution in [1.29, 1.82) is 0 Å². The average molecular weight is 387 g/mol. The molecule has 3 rings (SSSR count). The van der Waals surface area contributed by atoms with Crippen LogP contribution in [0.25, 0.3) is 10.9 Å². The molecule has 2 aromatic carbocycles. The van der Waals surface area contributed by atoms with E-state index < -0.39 is 10.0 Å². The summed E-state index contributed by atoms with van der Waals surface area (Å²) in [6, 6.07) is 13.1. The fourth-order valence-corrected chi connectivity index (χ4v) is 5.08. The second-order valence-electron chi connectivity index (χ2n) is 7.51. The Hall–Kier alpha value is -2.31. The minimum Gasteiger partial charge on any atom is -0.497 e. The largest absolute Gasteiger partial charge is 0.497 e. The van der Waals surface area contributed by atoms with Crippen LogP contribution >= 0.6 is 0 Å². The van der Waals surface area contributed by atoms with Gasteiger partial charge in [-0.05, 0) is 49.2 Å². The normalized spacial score (nSPS) is 12.5. The molecule has 0 aliphatic heterocycles. The van der Waals surface area contributed by atoms with Gasteiger partial charge in [0.25, 0.3) is 0 Å². The van der Waals surface area contributed by atoms with E-state index in [0.717, 1.165) is 22.2 Å². The number of rotatable bonds is 6. The molecule has 0 unspecified atom stereocenters. The first-order valence-corrected chi connectivity index (χ1v) is 10.4. The lowest BCUT2D eigenvalue weighted by Gasteiger charge is -2.26. The number of aromatic nitrogens is 1. The Morgan fingerprint density at radius 2 is 1.81 bits per heavy atom. The molecule has 5 nitrogen and oxygen atoms in total. The van der Waals surface area contributed by atoms with Crippen LogP contribution in [-0.4, -0.2) is 27.1 Å². The second kappa shape index (κ2) is 7.02. The van der Waals surface area contributed by atoms with Crippen molar-refractivity contribution in [3.05, 3.63) is 59.3 Å². The molecule has 0 spiro atoms. The van der Waals surface area contributed by atoms with Crippen molar-refractivity contribution in [3.8, 4) is 5.75 Å². The van der Waals surface area contributed by atoms with Gasteiger partial charge in [0.15, 0.2) is 0 Å². The molecule has 144 valence electrons. The van der Waals surface area contributed by atoms with Gasteiger partial charge < -0.3 is 9.72 Å². The number of sulfonamides is 1. The lowest BCUT2D eigenvalue weighted by Crippen LogP contribution is -2.37. The van der Waals surface area contributed by atoms with Gasteiger partial charge in [-0.15, -0.1) is 0 Å². The van der Waals surface area contributed by atoms with Crippen molar-refractivity contribution in [2.24, 2.45) is 0 Å². The van der Waals surface area contributed by atoms with Gasteiger partial charge in [0.2, 0.25) is 10.0 Å². The number of aryl methyl sites for hydroxylation is 2. The Labute approximate surface area is 160 Å². The highest BCUT2D eigenvalue weighted by Gasteiger charge is 2.29. The van der Waals surface area contributed by atoms with Crippen molar-refractivity contribution >= 4 is 20.9 Å². The smallest absolute Gasteiger partial charge is 0.240 e. The molecule has 0 saturated carbocycles. The van der Waals surface area contributed by atoms with Crippen molar-refractivity contribution < 1.29 is 13.2 Å². The Morgan fingerprint density at radius 3 is 2.48 bits per heavy atom. The lowest BCUT2D eigenvalue weighted by molar-refractivity contribution is 0.414. The summed E-state index contributed by atoms with van der Waals surface area (Å²) in [5, 5.41) is 1.12. The van der Waals surface area contributed by atoms with Crippen LogP contribution in [0.2, 0.25) is 0 Å². The summed E-state index contributed by atoms with van der Waals surface area (Å²) < 4.78 is 33.7. The van der Waals surface area contributed by atoms with Gasteiger partial charge in [0.05, 0.1) is 12.0 Å². The molecule has 0 amide bonds. The highest BCUT2D eigenvalue weighted by atomic mass is 32.2. The van der Waals surface area contributed by atoms with Gasteiger partial charge in [-0.2, -0.15) is 0 Å². The molecule has 0 fully saturated rings. The summed E-state index contributed by atoms with van der Waals surface area (Å²) in [5.41, 5.74) is 3.53. The maximum atomic E-state index is 12.9. The van der Waals surface area contributed by atoms with Gasteiger partial charge in [0, 0.05) is 28.6 Å². The molecular weight excluding hydrogens is 360 g/mol. The molecule has 0 bridgehead atoms. The first kappa shape index (κ1) is 19.5. The van der Waals surface area contributed by atoms with Crippen LogP contribution in [0.1, 0.15) is 30.7 Å². The summed E-state index contributed by atoms with van der Waals surface area (Å²) in [7, 11) is -2.06. The number of hydrogen-bond acceptors (Lipinski definition) is 3. The fourth-order valence-electron chi connectivity index (χ4n) is 3.64. The number of aromatic amines is 1. The third-order valence-corrected chi connectivity index (χ3v) is 6.51. The first-order chi connectivity index (χ1) is 12.7. The number of hydrogen-bond donors (Lipinski definition) is 2. The van der Waals surface area contributed by atoms with Crippen molar-refractivity contribution in [3.63, 3.8) is 0 Å². The Kier molecular flexibility index (Phi) is 5.06. The molecule has 3 aromatic rings. The van der Waals surface area contributed by atoms with Gasteiger partial charge in [-0.25, -0.2) is 13.1 Å². The number of ether oxygens (including phenoxy) is 1. The average Bonchev–Trinajstić information content (AvgIpc) is 2.96. The molecule has 6 heteroatoms. The van der Waals surface area contributed by atoms with Crippen LogP contribution in [0.4, 0.5) is 0 Å². The third kappa shape index (κ3) is 3.73. The van der Waals surface area contributed by atoms with Crippen LogP contribution in [0.15, 0.2) is 47.4 Å². The van der Waals surface area contributed by atoms with E-state index in [2.05, 4.69) is 29.6 Å². The van der Waals surface area contributed by atoms with Gasteiger partial charge >= 0.3 is 0 Å². The van der Waals surface area contributed by atoms with E-state index in [4.69, 9.17) is 4.74 Å². The molecular formula is C21H26N2O3S. The standard InChI is InChI=1S/C21H26N2O3S/c1-14-12-16(26-5)10-11-19(14)27(24,25)22-13-21(3,4)20-15(2)23-18-9-7-6-8-17(18)20/h6-12,22-23H,13H2,1-5H3. The van der Waals surface area contributed by atoms with Crippen molar-refractivity contribution in [1.82, 2.24) is 9.71 Å². The van der Waals surface area contributed by atoms with Crippen molar-refractivity contribution in [2.45, 2.75) is 38.0 Å². The zero-order valence-electron chi connectivity index (χ0n) is 16.4. The van der Waals surface area contributed by atoms with E-state index in [1.165, 1.54) is 0 Å². The van der Waals surface area contributed by atoms with Gasteiger partial charge in [-0.3, -0.25) is 0 Å². The molecule has 1 heterocycles. The van der Waals surface area contributed by atoms with E-state index in [1.54, 1.807) is 32.2 Å². The minimum atomic E-state index is -3.62. The number of methoxy groups -OCH3 is 1. The van der Waals surface area contributed by atoms with Crippen LogP contribution < -0.4 is 9.46 Å². The molecule has 1 aromatic heterocycles. The van der Waals surface area contributed by atoms with E-state index in [-0.39, 0.29) is 10.3 Å². The lowest BCUT2D eigenvalue weighted by atomic mass is 9.83. The van der Waals surface area contributed by atoms with E-state index >= 15 is 0 Å². The number of nitrogens with one attached hydrogen (secondary N) is 2. The predicted molar refractivity (Wildman–Crippen MR) is 109 cm³/mol. The molecule has 0 aliphatic rings. The molecule has 2 N–H and O–H groups in total. The zero-order valence-corrected chi connectivity index (χ0v) is 17.2. The van der Waals surface area contributed by atoms with Crippen LogP contribution in [-0.2, 0) is 15.4 Å². The molecule has 27 heavy (non-hydrogen) atoms. The summed E-state index contributed by atoms with van der Waals surface area (Å²) in [4.78, 5) is 3.67. The maximum Gasteiger partial charge on any atom is 0.240 e. The van der Waals surface area contributed by atoms with E-state index in [1.807, 2.05) is 25.1 Å². The number of fused-ring (bicyclic) bond motifs is 1. The van der Waals surface area contributed by atoms with E-state index in [0.29, 0.717) is 17.9 Å². The summed E-state index contributed by atoms with van der Waals surface area (Å²) in [6.07, 6.45) is 0. The van der Waals surface area contributed by atoms with Crippen LogP contribution in [0.3, 0.4) is 0 Å². The third-order valence-electron chi connectivity index (χ3n) is 4.95. The minimum absolute atomic E-state index is 0.273. The molecule has 0 atom stereocenters. The van der Waals surface area contributed by atoms with Gasteiger partial charge in [0.1, 0.15) is 5.75 Å². The monoisotopic (exact) mass is 386 g/mol. The van der Waals surface area contributed by atoms with Crippen LogP contribution in [0.5, 0.6) is 5.75 Å². The Bertz CT molecular complexity index is 1080. The van der Waals surface area contributed by atoms with Gasteiger partial charge in [-0.1, -0.05) is 32.0 Å². The second-order valence-corrected chi connectivity index (χ2v) is 9.25. The number of H-pyrrole nitrogens is 1. The first-order valence-electron chi connectivity index (χ1n) is 8.88. The Balaban J connectivity index is 1.89. The number of benzene rings is 2. The summed E-state index contributed by atoms with van der Waals surface area (Å²) >= 11 is 0. The molecule has 0 saturated heterocycles. The molecule has 0 radical (unpaired) electrons. The zero-order chi connectivity index (χ0) is 19.8. The highest BCUT2D eigenvalue weighted by molar-refractivity contribution is 7.89. The Morgan fingerprint density at radius 1 is 1.11 bits per heavy atom. The quantitative estimate of drug-likeness (QED) is 0.671.